The molecule has 5 rings (SSSR count). The molecule has 1 aliphatic carbocycles. The molecule has 3 heterocycles. The molecule has 0 radical (unpaired) electrons. The smallest absolute Gasteiger partial charge is 0.349 e. The van der Waals surface area contributed by atoms with Gasteiger partial charge in [-0.3, -0.25) is 14.3 Å². The highest BCUT2D eigenvalue weighted by atomic mass is 35.5. The van der Waals surface area contributed by atoms with E-state index < -0.39 is 17.8 Å². The first-order chi connectivity index (χ1) is 18.9. The number of aryl methyl sites for hydroxylation is 1. The standard InChI is InChI=1S/C25H24ClF3N8O2S/c1-12-32-16(11-40-12)9-37-10-18(21(35-37)25(27,28)29)20-8-31-22(36(20)2)24(39)33-14-3-4-17(19(26)7-14)23(38)34-15-5-13(30)6-15/h3-4,7-8,10-11,13,15H,5-6,9,30H2,1-2H3,(H,33,39)(H,34,38). The van der Waals surface area contributed by atoms with Gasteiger partial charge in [-0.05, 0) is 38.0 Å². The van der Waals surface area contributed by atoms with Crippen LogP contribution < -0.4 is 16.4 Å². The lowest BCUT2D eigenvalue weighted by Gasteiger charge is -2.33. The minimum Gasteiger partial charge on any atom is -0.349 e. The van der Waals surface area contributed by atoms with Crippen LogP contribution in [0.1, 0.15) is 50.2 Å². The Balaban J connectivity index is 1.34. The summed E-state index contributed by atoms with van der Waals surface area (Å²) in [7, 11) is 1.44. The molecule has 210 valence electrons. The number of halogens is 4. The summed E-state index contributed by atoms with van der Waals surface area (Å²) >= 11 is 7.68. The Labute approximate surface area is 235 Å². The first-order valence-corrected chi connectivity index (χ1v) is 13.4. The second-order valence-corrected chi connectivity index (χ2v) is 11.0. The normalized spacial score (nSPS) is 17.0. The van der Waals surface area contributed by atoms with Crippen molar-refractivity contribution >= 4 is 40.4 Å². The topological polar surface area (TPSA) is 133 Å². The van der Waals surface area contributed by atoms with Gasteiger partial charge < -0.3 is 20.9 Å². The van der Waals surface area contributed by atoms with Gasteiger partial charge in [0.15, 0.2) is 11.5 Å². The summed E-state index contributed by atoms with van der Waals surface area (Å²) in [6.45, 7) is 1.86. The predicted molar refractivity (Wildman–Crippen MR) is 143 cm³/mol. The van der Waals surface area contributed by atoms with Gasteiger partial charge in [-0.15, -0.1) is 11.3 Å². The van der Waals surface area contributed by atoms with Crippen LogP contribution >= 0.6 is 22.9 Å². The number of hydrogen-bond donors (Lipinski definition) is 3. The number of alkyl halides is 3. The third-order valence-corrected chi connectivity index (χ3v) is 7.60. The zero-order valence-corrected chi connectivity index (χ0v) is 22.9. The Kier molecular flexibility index (Phi) is 7.42. The van der Waals surface area contributed by atoms with E-state index in [1.165, 1.54) is 58.2 Å². The minimum absolute atomic E-state index is 0.00275. The average molecular weight is 593 g/mol. The minimum atomic E-state index is -4.74. The summed E-state index contributed by atoms with van der Waals surface area (Å²) < 4.78 is 44.0. The number of nitrogens with one attached hydrogen (secondary N) is 2. The number of aromatic nitrogens is 5. The highest BCUT2D eigenvalue weighted by Gasteiger charge is 2.38. The number of amides is 2. The first-order valence-electron chi connectivity index (χ1n) is 12.1. The van der Waals surface area contributed by atoms with E-state index in [1.807, 2.05) is 0 Å². The van der Waals surface area contributed by atoms with E-state index in [4.69, 9.17) is 17.3 Å². The molecule has 2 amide bonds. The number of thiazole rings is 1. The fourth-order valence-corrected chi connectivity index (χ4v) is 5.29. The lowest BCUT2D eigenvalue weighted by molar-refractivity contribution is -0.141. The van der Waals surface area contributed by atoms with Gasteiger partial charge in [0.25, 0.3) is 11.8 Å². The van der Waals surface area contributed by atoms with Crippen molar-refractivity contribution in [2.45, 2.75) is 44.6 Å². The van der Waals surface area contributed by atoms with Crippen LogP contribution in [0.2, 0.25) is 5.02 Å². The molecule has 1 aliphatic rings. The van der Waals surface area contributed by atoms with E-state index in [1.54, 1.807) is 12.3 Å². The van der Waals surface area contributed by atoms with Crippen molar-refractivity contribution in [1.29, 1.82) is 0 Å². The van der Waals surface area contributed by atoms with E-state index in [9.17, 15) is 22.8 Å². The number of carbonyl (C=O) groups excluding carboxylic acids is 2. The average Bonchev–Trinajstić information content (AvgIpc) is 3.56. The van der Waals surface area contributed by atoms with Gasteiger partial charge in [0.2, 0.25) is 0 Å². The third kappa shape index (κ3) is 5.74. The van der Waals surface area contributed by atoms with Crippen molar-refractivity contribution in [2.24, 2.45) is 12.8 Å². The predicted octanol–water partition coefficient (Wildman–Crippen LogP) is 4.24. The van der Waals surface area contributed by atoms with Crippen molar-refractivity contribution in [3.05, 3.63) is 68.8 Å². The molecule has 0 bridgehead atoms. The van der Waals surface area contributed by atoms with Crippen LogP contribution in [0, 0.1) is 6.92 Å². The Bertz CT molecular complexity index is 1590. The summed E-state index contributed by atoms with van der Waals surface area (Å²) in [6.07, 6.45) is -0.900. The highest BCUT2D eigenvalue weighted by molar-refractivity contribution is 7.09. The maximum Gasteiger partial charge on any atom is 0.435 e. The second-order valence-electron chi connectivity index (χ2n) is 9.52. The number of hydrogen-bond acceptors (Lipinski definition) is 7. The quantitative estimate of drug-likeness (QED) is 0.294. The number of nitrogens with two attached hydrogens (primary N) is 1. The summed E-state index contributed by atoms with van der Waals surface area (Å²) in [5, 5.41) is 11.9. The molecule has 1 fully saturated rings. The van der Waals surface area contributed by atoms with Crippen LogP contribution in [0.3, 0.4) is 0 Å². The van der Waals surface area contributed by atoms with Crippen molar-refractivity contribution < 1.29 is 22.8 Å². The molecule has 0 atom stereocenters. The van der Waals surface area contributed by atoms with Gasteiger partial charge in [0.05, 0.1) is 45.3 Å². The summed E-state index contributed by atoms with van der Waals surface area (Å²) in [5.74, 6) is -1.16. The van der Waals surface area contributed by atoms with Crippen molar-refractivity contribution in [3.8, 4) is 11.3 Å². The van der Waals surface area contributed by atoms with Gasteiger partial charge in [0.1, 0.15) is 0 Å². The number of imidazole rings is 1. The van der Waals surface area contributed by atoms with Crippen LogP contribution in [-0.4, -0.2) is 48.2 Å². The molecule has 1 aromatic carbocycles. The van der Waals surface area contributed by atoms with Crippen LogP contribution in [0.25, 0.3) is 11.3 Å². The number of carbonyl (C=O) groups is 2. The molecule has 3 aromatic heterocycles. The molecule has 4 N–H and O–H groups in total. The highest BCUT2D eigenvalue weighted by Crippen LogP contribution is 2.36. The molecule has 1 saturated carbocycles. The van der Waals surface area contributed by atoms with Crippen LogP contribution in [0.4, 0.5) is 18.9 Å². The molecule has 15 heteroatoms. The Morgan fingerprint density at radius 2 is 2.00 bits per heavy atom. The third-order valence-electron chi connectivity index (χ3n) is 6.47. The molecule has 4 aromatic rings. The summed E-state index contributed by atoms with van der Waals surface area (Å²) in [4.78, 5) is 33.8. The van der Waals surface area contributed by atoms with Crippen LogP contribution in [0.5, 0.6) is 0 Å². The van der Waals surface area contributed by atoms with Gasteiger partial charge in [-0.1, -0.05) is 11.6 Å². The Hall–Kier alpha value is -3.75. The number of benzene rings is 1. The maximum absolute atomic E-state index is 13.9. The molecule has 0 unspecified atom stereocenters. The van der Waals surface area contributed by atoms with E-state index in [2.05, 4.69) is 25.7 Å². The summed E-state index contributed by atoms with van der Waals surface area (Å²) in [5.41, 5.74) is 5.59. The fraction of sp³-hybridized carbons (Fsp3) is 0.320. The van der Waals surface area contributed by atoms with Gasteiger partial charge in [-0.25, -0.2) is 9.97 Å². The van der Waals surface area contributed by atoms with Gasteiger partial charge >= 0.3 is 6.18 Å². The largest absolute Gasteiger partial charge is 0.435 e. The lowest BCUT2D eigenvalue weighted by atomic mass is 9.87. The molecular weight excluding hydrogens is 569 g/mol. The van der Waals surface area contributed by atoms with Crippen molar-refractivity contribution in [2.75, 3.05) is 5.32 Å². The van der Waals surface area contributed by atoms with Gasteiger partial charge in [-0.2, -0.15) is 18.3 Å². The van der Waals surface area contributed by atoms with Crippen molar-refractivity contribution in [1.82, 2.24) is 29.6 Å². The SMILES string of the molecule is Cc1nc(Cn2cc(-c3cnc(C(=O)Nc4ccc(C(=O)NC5CC(N)C5)c(Cl)c4)n3C)c(C(F)(F)F)n2)cs1. The number of nitrogens with zero attached hydrogens (tertiary/aromatic N) is 5. The fourth-order valence-electron chi connectivity index (χ4n) is 4.42. The van der Waals surface area contributed by atoms with Crippen LogP contribution in [-0.2, 0) is 19.8 Å². The molecule has 10 nitrogen and oxygen atoms in total. The van der Waals surface area contributed by atoms with Crippen LogP contribution in [0.15, 0.2) is 36.0 Å². The number of anilines is 1. The van der Waals surface area contributed by atoms with Gasteiger partial charge in [0, 0.05) is 36.4 Å². The lowest BCUT2D eigenvalue weighted by Crippen LogP contribution is -2.50. The maximum atomic E-state index is 13.9. The van der Waals surface area contributed by atoms with E-state index in [0.717, 1.165) is 5.01 Å². The Morgan fingerprint density at radius 3 is 2.62 bits per heavy atom. The summed E-state index contributed by atoms with van der Waals surface area (Å²) in [6, 6.07) is 4.47. The molecule has 0 saturated heterocycles. The first kappa shape index (κ1) is 27.8. The monoisotopic (exact) mass is 592 g/mol. The van der Waals surface area contributed by atoms with E-state index in [0.29, 0.717) is 18.5 Å². The van der Waals surface area contributed by atoms with E-state index in [-0.39, 0.29) is 57.9 Å². The number of rotatable bonds is 7. The Morgan fingerprint density at radius 1 is 1.25 bits per heavy atom. The second kappa shape index (κ2) is 10.7. The molecule has 40 heavy (non-hydrogen) atoms. The van der Waals surface area contributed by atoms with E-state index >= 15 is 0 Å². The van der Waals surface area contributed by atoms with Crippen molar-refractivity contribution in [3.63, 3.8) is 0 Å². The molecule has 0 spiro atoms. The molecule has 0 aliphatic heterocycles. The zero-order chi connectivity index (χ0) is 28.8. The zero-order valence-electron chi connectivity index (χ0n) is 21.3. The molecular formula is C25H24ClF3N8O2S.